The topological polar surface area (TPSA) is 3.24 Å². The number of alkyl halides is 1. The molecule has 1 saturated heterocycles. The van der Waals surface area contributed by atoms with E-state index < -0.39 is 0 Å². The van der Waals surface area contributed by atoms with Gasteiger partial charge in [0.1, 0.15) is 0 Å². The van der Waals surface area contributed by atoms with Gasteiger partial charge in [-0.15, -0.1) is 11.6 Å². The van der Waals surface area contributed by atoms with Crippen LogP contribution in [0.15, 0.2) is 18.2 Å². The molecular formula is C13H17Cl2N. The monoisotopic (exact) mass is 257 g/mol. The van der Waals surface area contributed by atoms with Crippen molar-refractivity contribution in [2.75, 3.05) is 18.0 Å². The molecule has 1 aliphatic heterocycles. The van der Waals surface area contributed by atoms with E-state index in [0.717, 1.165) is 23.7 Å². The Bertz CT molecular complexity index is 388. The Kier molecular flexibility index (Phi) is 3.37. The molecular weight excluding hydrogens is 241 g/mol. The standard InChI is InChI=1S/C13H17Cl2N/c1-13(2)5-6-16(9-13)12-4-3-11(15)7-10(12)8-14/h3-4,7H,5-6,8-9H2,1-2H3. The van der Waals surface area contributed by atoms with Crippen molar-refractivity contribution in [3.8, 4) is 0 Å². The van der Waals surface area contributed by atoms with E-state index in [0.29, 0.717) is 11.3 Å². The van der Waals surface area contributed by atoms with Gasteiger partial charge in [0.05, 0.1) is 0 Å². The van der Waals surface area contributed by atoms with Crippen molar-refractivity contribution < 1.29 is 0 Å². The third-order valence-electron chi connectivity index (χ3n) is 3.20. The van der Waals surface area contributed by atoms with Crippen molar-refractivity contribution in [1.29, 1.82) is 0 Å². The van der Waals surface area contributed by atoms with Crippen molar-refractivity contribution >= 4 is 28.9 Å². The SMILES string of the molecule is CC1(C)CCN(c2ccc(Cl)cc2CCl)C1. The summed E-state index contributed by atoms with van der Waals surface area (Å²) in [6, 6.07) is 5.99. The highest BCUT2D eigenvalue weighted by molar-refractivity contribution is 6.30. The van der Waals surface area contributed by atoms with Gasteiger partial charge in [0.2, 0.25) is 0 Å². The summed E-state index contributed by atoms with van der Waals surface area (Å²) in [7, 11) is 0. The molecule has 3 heteroatoms. The lowest BCUT2D eigenvalue weighted by atomic mass is 9.93. The normalized spacial score (nSPS) is 19.1. The van der Waals surface area contributed by atoms with Crippen LogP contribution in [0.3, 0.4) is 0 Å². The molecule has 0 unspecified atom stereocenters. The Morgan fingerprint density at radius 1 is 1.38 bits per heavy atom. The second-order valence-corrected chi connectivity index (χ2v) is 5.95. The van der Waals surface area contributed by atoms with E-state index in [-0.39, 0.29) is 0 Å². The molecule has 1 fully saturated rings. The van der Waals surface area contributed by atoms with Gasteiger partial charge in [-0.1, -0.05) is 25.4 Å². The van der Waals surface area contributed by atoms with E-state index >= 15 is 0 Å². The Labute approximate surface area is 107 Å². The van der Waals surface area contributed by atoms with Crippen molar-refractivity contribution in [1.82, 2.24) is 0 Å². The molecule has 1 aliphatic rings. The van der Waals surface area contributed by atoms with Crippen LogP contribution in [0.25, 0.3) is 0 Å². The Hall–Kier alpha value is -0.400. The zero-order valence-electron chi connectivity index (χ0n) is 9.76. The molecule has 1 heterocycles. The fraction of sp³-hybridized carbons (Fsp3) is 0.538. The predicted molar refractivity (Wildman–Crippen MR) is 71.6 cm³/mol. The summed E-state index contributed by atoms with van der Waals surface area (Å²) in [4.78, 5) is 2.41. The second kappa shape index (κ2) is 4.46. The minimum atomic E-state index is 0.406. The predicted octanol–water partition coefficient (Wildman–Crippen LogP) is 4.32. The van der Waals surface area contributed by atoms with Crippen LogP contribution in [-0.2, 0) is 5.88 Å². The van der Waals surface area contributed by atoms with E-state index in [2.05, 4.69) is 24.8 Å². The molecule has 0 amide bonds. The van der Waals surface area contributed by atoms with E-state index in [1.54, 1.807) is 0 Å². The van der Waals surface area contributed by atoms with E-state index in [1.807, 2.05) is 12.1 Å². The third-order valence-corrected chi connectivity index (χ3v) is 3.73. The lowest BCUT2D eigenvalue weighted by Crippen LogP contribution is -2.23. The van der Waals surface area contributed by atoms with Crippen molar-refractivity contribution in [3.63, 3.8) is 0 Å². The number of rotatable bonds is 2. The van der Waals surface area contributed by atoms with Crippen LogP contribution in [0.1, 0.15) is 25.8 Å². The molecule has 0 N–H and O–H groups in total. The first-order valence-electron chi connectivity index (χ1n) is 5.61. The van der Waals surface area contributed by atoms with Crippen LogP contribution >= 0.6 is 23.2 Å². The van der Waals surface area contributed by atoms with Crippen LogP contribution in [0, 0.1) is 5.41 Å². The van der Waals surface area contributed by atoms with Gasteiger partial charge in [0, 0.05) is 29.7 Å². The van der Waals surface area contributed by atoms with Gasteiger partial charge in [-0.2, -0.15) is 0 Å². The summed E-state index contributed by atoms with van der Waals surface area (Å²) in [5, 5.41) is 0.762. The third kappa shape index (κ3) is 2.46. The summed E-state index contributed by atoms with van der Waals surface area (Å²) in [6.07, 6.45) is 1.23. The largest absolute Gasteiger partial charge is 0.371 e. The molecule has 0 aliphatic carbocycles. The minimum Gasteiger partial charge on any atom is -0.371 e. The van der Waals surface area contributed by atoms with Gasteiger partial charge in [0.25, 0.3) is 0 Å². The first-order chi connectivity index (χ1) is 7.52. The molecule has 0 atom stereocenters. The van der Waals surface area contributed by atoms with Crippen LogP contribution in [0.2, 0.25) is 5.02 Å². The summed E-state index contributed by atoms with van der Waals surface area (Å²) < 4.78 is 0. The number of halogens is 2. The Morgan fingerprint density at radius 2 is 2.12 bits per heavy atom. The number of hydrogen-bond acceptors (Lipinski definition) is 1. The average molecular weight is 258 g/mol. The summed E-state index contributed by atoms with van der Waals surface area (Å²) in [5.74, 6) is 0.521. The molecule has 0 bridgehead atoms. The van der Waals surface area contributed by atoms with Crippen LogP contribution in [0.5, 0.6) is 0 Å². The average Bonchev–Trinajstić information content (AvgIpc) is 2.58. The van der Waals surface area contributed by atoms with Crippen molar-refractivity contribution in [3.05, 3.63) is 28.8 Å². The smallest absolute Gasteiger partial charge is 0.0495 e. The zero-order chi connectivity index (χ0) is 11.8. The number of anilines is 1. The lowest BCUT2D eigenvalue weighted by Gasteiger charge is -2.23. The van der Waals surface area contributed by atoms with Crippen LogP contribution in [-0.4, -0.2) is 13.1 Å². The zero-order valence-corrected chi connectivity index (χ0v) is 11.3. The minimum absolute atomic E-state index is 0.406. The van der Waals surface area contributed by atoms with Gasteiger partial charge in [0.15, 0.2) is 0 Å². The molecule has 16 heavy (non-hydrogen) atoms. The second-order valence-electron chi connectivity index (χ2n) is 5.24. The van der Waals surface area contributed by atoms with Crippen molar-refractivity contribution in [2.24, 2.45) is 5.41 Å². The van der Waals surface area contributed by atoms with E-state index in [1.165, 1.54) is 12.1 Å². The molecule has 88 valence electrons. The summed E-state index contributed by atoms with van der Waals surface area (Å²) in [6.45, 7) is 6.82. The lowest BCUT2D eigenvalue weighted by molar-refractivity contribution is 0.418. The molecule has 0 spiro atoms. The maximum absolute atomic E-state index is 5.98. The first kappa shape index (κ1) is 12.1. The van der Waals surface area contributed by atoms with Crippen LogP contribution < -0.4 is 4.90 Å². The van der Waals surface area contributed by atoms with Crippen molar-refractivity contribution in [2.45, 2.75) is 26.1 Å². The maximum Gasteiger partial charge on any atom is 0.0495 e. The summed E-state index contributed by atoms with van der Waals surface area (Å²) >= 11 is 11.9. The molecule has 1 aromatic rings. The highest BCUT2D eigenvalue weighted by atomic mass is 35.5. The molecule has 1 nitrogen and oxygen atoms in total. The molecule has 0 radical (unpaired) electrons. The Balaban J connectivity index is 2.27. The maximum atomic E-state index is 5.98. The molecule has 2 rings (SSSR count). The van der Waals surface area contributed by atoms with Crippen LogP contribution in [0.4, 0.5) is 5.69 Å². The Morgan fingerprint density at radius 3 is 2.69 bits per heavy atom. The van der Waals surface area contributed by atoms with Gasteiger partial charge < -0.3 is 4.90 Å². The molecule has 0 saturated carbocycles. The quantitative estimate of drug-likeness (QED) is 0.714. The van der Waals surface area contributed by atoms with E-state index in [4.69, 9.17) is 23.2 Å². The molecule has 0 aromatic heterocycles. The van der Waals surface area contributed by atoms with E-state index in [9.17, 15) is 0 Å². The number of hydrogen-bond donors (Lipinski definition) is 0. The van der Waals surface area contributed by atoms with Gasteiger partial charge in [-0.3, -0.25) is 0 Å². The summed E-state index contributed by atoms with van der Waals surface area (Å²) in [5.41, 5.74) is 2.78. The van der Waals surface area contributed by atoms with Gasteiger partial charge in [-0.25, -0.2) is 0 Å². The fourth-order valence-corrected chi connectivity index (χ4v) is 2.70. The highest BCUT2D eigenvalue weighted by Gasteiger charge is 2.30. The first-order valence-corrected chi connectivity index (χ1v) is 6.52. The van der Waals surface area contributed by atoms with Gasteiger partial charge >= 0.3 is 0 Å². The number of nitrogens with zero attached hydrogens (tertiary/aromatic N) is 1. The number of benzene rings is 1. The fourth-order valence-electron chi connectivity index (χ4n) is 2.29. The van der Waals surface area contributed by atoms with Gasteiger partial charge in [-0.05, 0) is 35.6 Å². The highest BCUT2D eigenvalue weighted by Crippen LogP contribution is 2.35. The molecule has 1 aromatic carbocycles.